The zero-order chi connectivity index (χ0) is 47.5. The normalized spacial score (nSPS) is 21.7. The molecule has 3 aliphatic rings. The van der Waals surface area contributed by atoms with Crippen molar-refractivity contribution in [1.82, 2.24) is 30.0 Å². The van der Waals surface area contributed by atoms with E-state index in [4.69, 9.17) is 28.5 Å². The molecule has 65 heavy (non-hydrogen) atoms. The number of rotatable bonds is 27. The van der Waals surface area contributed by atoms with Gasteiger partial charge in [-0.15, -0.1) is 5.06 Å². The van der Waals surface area contributed by atoms with Crippen molar-refractivity contribution >= 4 is 47.6 Å². The Kier molecular flexibility index (Phi) is 25.7. The zero-order valence-corrected chi connectivity index (χ0v) is 37.5. The number of ether oxygens (including phenoxy) is 5. The van der Waals surface area contributed by atoms with E-state index in [-0.39, 0.29) is 64.4 Å². The first-order valence-electron chi connectivity index (χ1n) is 22.2. The molecular weight excluding hydrogens is 860 g/mol. The van der Waals surface area contributed by atoms with Crippen molar-refractivity contribution in [3.63, 3.8) is 0 Å². The standard InChI is InChI=1S/C42H68N6O17/c1-42(40(58)65-48-35(50)7-8-36(48)51)10-3-2-6-34(9-11-42)64-41(59)43-12-22-61-24-26-63-28-27-62-25-23-60-21-4-5-33(49)29-44-13-15-45(30-37(52)53)17-19-47(32-39(56)57)20-18-46(16-14-44)31-38(54)55/h2,6,34H,3-5,7-32H2,1H3,(H,43,59)(H,52,53)(H,54,55)(H,56,57)/b6-2+/t34-,42+/m1/s1. The molecule has 2 heterocycles. The Bertz CT molecular complexity index is 1540. The fourth-order valence-electron chi connectivity index (χ4n) is 7.14. The van der Waals surface area contributed by atoms with Crippen molar-refractivity contribution in [3.05, 3.63) is 12.2 Å². The van der Waals surface area contributed by atoms with Crippen molar-refractivity contribution in [2.75, 3.05) is 138 Å². The monoisotopic (exact) mass is 928 g/mol. The molecule has 2 fully saturated rings. The number of carbonyl (C=O) groups is 8. The van der Waals surface area contributed by atoms with Crippen molar-refractivity contribution in [1.29, 1.82) is 0 Å². The van der Waals surface area contributed by atoms with E-state index in [2.05, 4.69) is 5.32 Å². The smallest absolute Gasteiger partial charge is 0.407 e. The fourth-order valence-corrected chi connectivity index (χ4v) is 7.14. The molecule has 3 rings (SSSR count). The Balaban J connectivity index is 1.19. The summed E-state index contributed by atoms with van der Waals surface area (Å²) in [4.78, 5) is 108. The van der Waals surface area contributed by atoms with Crippen molar-refractivity contribution < 1.29 is 82.2 Å². The number of aliphatic carboxylic acids is 3. The predicted octanol–water partition coefficient (Wildman–Crippen LogP) is -0.284. The Labute approximate surface area is 379 Å². The first-order chi connectivity index (χ1) is 31.1. The summed E-state index contributed by atoms with van der Waals surface area (Å²) in [6, 6.07) is 0. The molecule has 0 bridgehead atoms. The number of carboxylic acids is 3. The van der Waals surface area contributed by atoms with Gasteiger partial charge in [0.15, 0.2) is 0 Å². The van der Waals surface area contributed by atoms with Gasteiger partial charge < -0.3 is 49.2 Å². The minimum absolute atomic E-state index is 0.0120. The summed E-state index contributed by atoms with van der Waals surface area (Å²) in [5, 5.41) is 31.3. The van der Waals surface area contributed by atoms with E-state index in [9.17, 15) is 53.7 Å². The minimum atomic E-state index is -1.03. The summed E-state index contributed by atoms with van der Waals surface area (Å²) in [6.45, 7) is 6.49. The topological polar surface area (TPSA) is 281 Å². The largest absolute Gasteiger partial charge is 0.480 e. The molecule has 0 spiro atoms. The lowest BCUT2D eigenvalue weighted by Crippen LogP contribution is -2.49. The highest BCUT2D eigenvalue weighted by atomic mass is 16.7. The molecule has 4 N–H and O–H groups in total. The van der Waals surface area contributed by atoms with Crippen molar-refractivity contribution in [3.8, 4) is 0 Å². The number of nitrogens with one attached hydrogen (secondary N) is 1. The van der Waals surface area contributed by atoms with Crippen molar-refractivity contribution in [2.45, 2.75) is 64.4 Å². The van der Waals surface area contributed by atoms with Crippen LogP contribution in [0.4, 0.5) is 4.79 Å². The van der Waals surface area contributed by atoms with Crippen LogP contribution in [0.15, 0.2) is 12.2 Å². The van der Waals surface area contributed by atoms with E-state index >= 15 is 0 Å². The molecule has 3 amide bonds. The third-order valence-electron chi connectivity index (χ3n) is 10.9. The average molecular weight is 929 g/mol. The van der Waals surface area contributed by atoms with Crippen LogP contribution < -0.4 is 5.32 Å². The van der Waals surface area contributed by atoms with Crippen molar-refractivity contribution in [2.24, 2.45) is 5.41 Å². The minimum Gasteiger partial charge on any atom is -0.480 e. The number of carboxylic acid groups (broad SMARTS) is 3. The van der Waals surface area contributed by atoms with Gasteiger partial charge in [-0.2, -0.15) is 0 Å². The highest BCUT2D eigenvalue weighted by Gasteiger charge is 2.41. The quantitative estimate of drug-likeness (QED) is 0.0468. The molecule has 2 saturated heterocycles. The molecule has 23 heteroatoms. The summed E-state index contributed by atoms with van der Waals surface area (Å²) in [5.74, 6) is -4.83. The fraction of sp³-hybridized carbons (Fsp3) is 0.762. The van der Waals surface area contributed by atoms with Crippen LogP contribution in [0.1, 0.15) is 58.3 Å². The van der Waals surface area contributed by atoms with E-state index in [0.29, 0.717) is 136 Å². The van der Waals surface area contributed by atoms with E-state index < -0.39 is 53.3 Å². The summed E-state index contributed by atoms with van der Waals surface area (Å²) in [6.07, 6.45) is 4.80. The molecule has 0 saturated carbocycles. The third-order valence-corrected chi connectivity index (χ3v) is 10.9. The number of allylic oxidation sites excluding steroid dienone is 1. The highest BCUT2D eigenvalue weighted by molar-refractivity contribution is 6.01. The van der Waals surface area contributed by atoms with Crippen LogP contribution in [0.3, 0.4) is 0 Å². The van der Waals surface area contributed by atoms with Gasteiger partial charge in [0, 0.05) is 84.8 Å². The number of amides is 3. The number of hydroxylamine groups is 2. The van der Waals surface area contributed by atoms with E-state index in [1.165, 1.54) is 0 Å². The van der Waals surface area contributed by atoms with Crippen LogP contribution in [-0.4, -0.2) is 232 Å². The summed E-state index contributed by atoms with van der Waals surface area (Å²) < 4.78 is 27.6. The second-order valence-electron chi connectivity index (χ2n) is 16.3. The first kappa shape index (κ1) is 54.7. The Morgan fingerprint density at radius 3 is 1.57 bits per heavy atom. The van der Waals surface area contributed by atoms with E-state index in [1.54, 1.807) is 27.7 Å². The van der Waals surface area contributed by atoms with Crippen LogP contribution in [0.25, 0.3) is 0 Å². The number of Topliss-reactive ketones (excluding diaryl/α,β-unsaturated/α-hetero) is 1. The van der Waals surface area contributed by atoms with Gasteiger partial charge in [-0.25, -0.2) is 9.59 Å². The molecular formula is C42H68N6O17. The maximum atomic E-state index is 12.9. The van der Waals surface area contributed by atoms with E-state index in [1.807, 2.05) is 11.0 Å². The molecule has 23 nitrogen and oxygen atoms in total. The second-order valence-corrected chi connectivity index (χ2v) is 16.3. The van der Waals surface area contributed by atoms with Crippen LogP contribution in [0.2, 0.25) is 0 Å². The molecule has 0 aromatic heterocycles. The molecule has 2 atom stereocenters. The second kappa shape index (κ2) is 30.6. The van der Waals surface area contributed by atoms with Gasteiger partial charge in [-0.3, -0.25) is 48.4 Å². The molecule has 0 aromatic carbocycles. The van der Waals surface area contributed by atoms with Crippen LogP contribution in [-0.2, 0) is 62.1 Å². The van der Waals surface area contributed by atoms with Gasteiger partial charge in [0.2, 0.25) is 0 Å². The maximum Gasteiger partial charge on any atom is 0.407 e. The van der Waals surface area contributed by atoms with Crippen LogP contribution >= 0.6 is 0 Å². The van der Waals surface area contributed by atoms with Gasteiger partial charge in [0.1, 0.15) is 11.9 Å². The van der Waals surface area contributed by atoms with Gasteiger partial charge in [-0.1, -0.05) is 6.08 Å². The Morgan fingerprint density at radius 2 is 1.09 bits per heavy atom. The number of hydrogen-bond donors (Lipinski definition) is 4. The number of carbonyl (C=O) groups excluding carboxylic acids is 5. The highest BCUT2D eigenvalue weighted by Crippen LogP contribution is 2.35. The number of nitrogens with zero attached hydrogens (tertiary/aromatic N) is 5. The van der Waals surface area contributed by atoms with E-state index in [0.717, 1.165) is 0 Å². The molecule has 0 aromatic rings. The predicted molar refractivity (Wildman–Crippen MR) is 227 cm³/mol. The molecule has 0 unspecified atom stereocenters. The van der Waals surface area contributed by atoms with Crippen LogP contribution in [0, 0.1) is 5.41 Å². The molecule has 2 aliphatic heterocycles. The summed E-state index contributed by atoms with van der Waals surface area (Å²) in [7, 11) is 0. The lowest BCUT2D eigenvalue weighted by Gasteiger charge is -2.32. The molecule has 0 radical (unpaired) electrons. The zero-order valence-electron chi connectivity index (χ0n) is 37.5. The van der Waals surface area contributed by atoms with Gasteiger partial charge >= 0.3 is 30.0 Å². The summed E-state index contributed by atoms with van der Waals surface area (Å²) >= 11 is 0. The number of ketones is 1. The summed E-state index contributed by atoms with van der Waals surface area (Å²) in [5.41, 5.74) is -0.969. The van der Waals surface area contributed by atoms with Gasteiger partial charge in [-0.05, 0) is 45.1 Å². The number of alkyl carbamates (subject to hydrolysis) is 1. The Morgan fingerprint density at radius 1 is 0.646 bits per heavy atom. The Hall–Kier alpha value is -4.62. The lowest BCUT2D eigenvalue weighted by atomic mass is 9.79. The average Bonchev–Trinajstić information content (AvgIpc) is 3.55. The number of hydrogen-bond acceptors (Lipinski definition) is 18. The van der Waals surface area contributed by atoms with Gasteiger partial charge in [0.25, 0.3) is 11.8 Å². The van der Waals surface area contributed by atoms with Crippen LogP contribution in [0.5, 0.6) is 0 Å². The third kappa shape index (κ3) is 23.4. The SMILES string of the molecule is C[C@]1(C(=O)ON2C(=O)CCC2=O)CC/C=C/[C@@H](OC(=O)NCCOCCOCCOCCOCCCC(=O)CN2CCN(CC(=O)O)CCN(CC(=O)O)CCN(CC(=O)O)CC2)CC1. The maximum absolute atomic E-state index is 12.9. The lowest BCUT2D eigenvalue weighted by molar-refractivity contribution is -0.205. The van der Waals surface area contributed by atoms with Gasteiger partial charge in [0.05, 0.1) is 77.8 Å². The number of imide groups is 1. The molecule has 1 aliphatic carbocycles. The molecule has 368 valence electrons. The first-order valence-corrected chi connectivity index (χ1v) is 22.2.